The van der Waals surface area contributed by atoms with Gasteiger partial charge < -0.3 is 19.3 Å². The van der Waals surface area contributed by atoms with E-state index in [9.17, 15) is 0 Å². The molecule has 5 rings (SSSR count). The topological polar surface area (TPSA) is 37.8 Å². The Morgan fingerprint density at radius 3 is 2.52 bits per heavy atom. The smallest absolute Gasteiger partial charge is 0.211 e. The molecule has 1 aliphatic carbocycles. The maximum atomic E-state index is 5.56. The van der Waals surface area contributed by atoms with E-state index in [1.165, 1.54) is 35.6 Å². The normalized spacial score (nSPS) is 21.0. The Bertz CT molecular complexity index is 740. The highest BCUT2D eigenvalue weighted by atomic mass is 32.1. The second-order valence-electron chi connectivity index (χ2n) is 7.04. The highest BCUT2D eigenvalue weighted by molar-refractivity contribution is 7.11. The van der Waals surface area contributed by atoms with E-state index in [0.717, 1.165) is 30.6 Å². The van der Waals surface area contributed by atoms with E-state index in [4.69, 9.17) is 9.47 Å². The lowest BCUT2D eigenvalue weighted by molar-refractivity contribution is -0.0442. The van der Waals surface area contributed by atoms with Gasteiger partial charge in [-0.3, -0.25) is 0 Å². The van der Waals surface area contributed by atoms with Gasteiger partial charge in [0.1, 0.15) is 5.01 Å². The lowest BCUT2D eigenvalue weighted by Gasteiger charge is -2.39. The molecule has 25 heavy (non-hydrogen) atoms. The van der Waals surface area contributed by atoms with Crippen molar-refractivity contribution in [2.75, 3.05) is 42.6 Å². The molecule has 3 aliphatic rings. The van der Waals surface area contributed by atoms with Crippen LogP contribution < -0.4 is 9.80 Å². The summed E-state index contributed by atoms with van der Waals surface area (Å²) in [6.07, 6.45) is 4.51. The molecule has 0 atom stereocenters. The Kier molecular flexibility index (Phi) is 4.12. The number of hydrogen-bond acceptors (Lipinski definition) is 6. The lowest BCUT2D eigenvalue weighted by Crippen LogP contribution is -2.41. The molecule has 1 saturated heterocycles. The van der Waals surface area contributed by atoms with Crippen LogP contribution in [-0.4, -0.2) is 37.8 Å². The average Bonchev–Trinajstić information content (AvgIpc) is 3.11. The average molecular weight is 357 g/mol. The molecule has 1 saturated carbocycles. The van der Waals surface area contributed by atoms with Crippen molar-refractivity contribution in [2.45, 2.75) is 25.7 Å². The molecule has 2 fully saturated rings. The Morgan fingerprint density at radius 2 is 1.76 bits per heavy atom. The van der Waals surface area contributed by atoms with E-state index < -0.39 is 0 Å². The molecule has 132 valence electrons. The van der Waals surface area contributed by atoms with Gasteiger partial charge >= 0.3 is 0 Å². The molecule has 1 aromatic heterocycles. The maximum absolute atomic E-state index is 5.56. The highest BCUT2D eigenvalue weighted by Crippen LogP contribution is 2.38. The Balaban J connectivity index is 1.33. The number of nitrogens with zero attached hydrogens (tertiary/aromatic N) is 3. The van der Waals surface area contributed by atoms with Crippen LogP contribution in [0.25, 0.3) is 0 Å². The molecule has 5 nitrogen and oxygen atoms in total. The van der Waals surface area contributed by atoms with E-state index in [-0.39, 0.29) is 6.29 Å². The summed E-state index contributed by atoms with van der Waals surface area (Å²) in [5.74, 6) is 0.912. The number of fused-ring (bicyclic) bond motifs is 1. The first-order chi connectivity index (χ1) is 12.4. The van der Waals surface area contributed by atoms with E-state index in [1.807, 2.05) is 6.20 Å². The van der Waals surface area contributed by atoms with Gasteiger partial charge in [-0.05, 0) is 30.9 Å². The van der Waals surface area contributed by atoms with Crippen molar-refractivity contribution in [2.24, 2.45) is 5.92 Å². The molecule has 0 N–H and O–H groups in total. The minimum atomic E-state index is -0.263. The second kappa shape index (κ2) is 6.59. The lowest BCUT2D eigenvalue weighted by atomic mass is 10.1. The van der Waals surface area contributed by atoms with Gasteiger partial charge in [0.25, 0.3) is 0 Å². The number of thiazole rings is 1. The predicted molar refractivity (Wildman–Crippen MR) is 99.2 cm³/mol. The van der Waals surface area contributed by atoms with Crippen LogP contribution in [0.5, 0.6) is 0 Å². The fourth-order valence-electron chi connectivity index (χ4n) is 3.64. The standard InChI is InChI=1S/C19H23N3O2S/c1-2-4-17-16(3-1)21(12-14-5-6-14)7-8-22(17)13-15-11-20-18(25-15)19-23-9-10-24-19/h1-4,11,14,19H,5-10,12-13H2. The van der Waals surface area contributed by atoms with Crippen molar-refractivity contribution < 1.29 is 9.47 Å². The second-order valence-corrected chi connectivity index (χ2v) is 8.18. The zero-order chi connectivity index (χ0) is 16.6. The van der Waals surface area contributed by atoms with Crippen LogP contribution >= 0.6 is 11.3 Å². The zero-order valence-corrected chi connectivity index (χ0v) is 15.1. The fraction of sp³-hybridized carbons (Fsp3) is 0.526. The number of benzene rings is 1. The summed E-state index contributed by atoms with van der Waals surface area (Å²) in [6.45, 7) is 5.61. The highest BCUT2D eigenvalue weighted by Gasteiger charge is 2.29. The van der Waals surface area contributed by atoms with Crippen molar-refractivity contribution in [3.05, 3.63) is 40.3 Å². The van der Waals surface area contributed by atoms with Crippen molar-refractivity contribution in [1.29, 1.82) is 0 Å². The first kappa shape index (κ1) is 15.6. The Morgan fingerprint density at radius 1 is 1.04 bits per heavy atom. The molecule has 0 bridgehead atoms. The van der Waals surface area contributed by atoms with Crippen LogP contribution in [0, 0.1) is 5.92 Å². The molecule has 0 spiro atoms. The van der Waals surface area contributed by atoms with Gasteiger partial charge in [-0.1, -0.05) is 12.1 Å². The van der Waals surface area contributed by atoms with E-state index in [1.54, 1.807) is 11.3 Å². The molecule has 1 aromatic carbocycles. The number of hydrogen-bond donors (Lipinski definition) is 0. The van der Waals surface area contributed by atoms with E-state index >= 15 is 0 Å². The monoisotopic (exact) mass is 357 g/mol. The maximum Gasteiger partial charge on any atom is 0.211 e. The number of para-hydroxylation sites is 2. The molecular weight excluding hydrogens is 334 g/mol. The Labute approximate surface area is 152 Å². The van der Waals surface area contributed by atoms with Crippen LogP contribution in [0.15, 0.2) is 30.5 Å². The summed E-state index contributed by atoms with van der Waals surface area (Å²) in [5.41, 5.74) is 2.73. The third kappa shape index (κ3) is 3.26. The van der Waals surface area contributed by atoms with Gasteiger partial charge in [-0.15, -0.1) is 11.3 Å². The van der Waals surface area contributed by atoms with Gasteiger partial charge in [0.15, 0.2) is 0 Å². The van der Waals surface area contributed by atoms with Crippen molar-refractivity contribution in [1.82, 2.24) is 4.98 Å². The third-order valence-electron chi connectivity index (χ3n) is 5.12. The minimum absolute atomic E-state index is 0.263. The largest absolute Gasteiger partial charge is 0.368 e. The molecule has 3 heterocycles. The molecule has 2 aromatic rings. The summed E-state index contributed by atoms with van der Waals surface area (Å²) < 4.78 is 11.1. The van der Waals surface area contributed by atoms with Crippen LogP contribution in [0.4, 0.5) is 11.4 Å². The fourth-order valence-corrected chi connectivity index (χ4v) is 4.57. The molecular formula is C19H23N3O2S. The van der Waals surface area contributed by atoms with Gasteiger partial charge in [0.2, 0.25) is 6.29 Å². The number of aromatic nitrogens is 1. The zero-order valence-electron chi connectivity index (χ0n) is 14.3. The number of rotatable bonds is 5. The summed E-state index contributed by atoms with van der Waals surface area (Å²) >= 11 is 1.70. The van der Waals surface area contributed by atoms with Crippen molar-refractivity contribution >= 4 is 22.7 Å². The van der Waals surface area contributed by atoms with Crippen molar-refractivity contribution in [3.63, 3.8) is 0 Å². The van der Waals surface area contributed by atoms with Crippen LogP contribution in [0.1, 0.15) is 29.0 Å². The molecule has 6 heteroatoms. The number of ether oxygens (including phenoxy) is 2. The van der Waals surface area contributed by atoms with Crippen molar-refractivity contribution in [3.8, 4) is 0 Å². The van der Waals surface area contributed by atoms with Gasteiger partial charge in [-0.25, -0.2) is 4.98 Å². The summed E-state index contributed by atoms with van der Waals surface area (Å²) in [5, 5.41) is 0.938. The SMILES string of the molecule is c1ccc2c(c1)N(Cc1cnc(C3OCCO3)s1)CCN2CC1CC1. The molecule has 2 aliphatic heterocycles. The molecule has 0 unspecified atom stereocenters. The summed E-state index contributed by atoms with van der Waals surface area (Å²) in [4.78, 5) is 10.8. The van der Waals surface area contributed by atoms with Crippen LogP contribution in [0.3, 0.4) is 0 Å². The predicted octanol–water partition coefficient (Wildman–Crippen LogP) is 3.43. The summed E-state index contributed by atoms with van der Waals surface area (Å²) in [7, 11) is 0. The summed E-state index contributed by atoms with van der Waals surface area (Å²) in [6, 6.07) is 8.81. The van der Waals surface area contributed by atoms with Gasteiger partial charge in [0.05, 0.1) is 31.1 Å². The Hall–Kier alpha value is -1.63. The number of anilines is 2. The van der Waals surface area contributed by atoms with Crippen LogP contribution in [0.2, 0.25) is 0 Å². The van der Waals surface area contributed by atoms with E-state index in [0.29, 0.717) is 13.2 Å². The van der Waals surface area contributed by atoms with E-state index in [2.05, 4.69) is 39.0 Å². The van der Waals surface area contributed by atoms with Gasteiger partial charge in [0, 0.05) is 30.7 Å². The van der Waals surface area contributed by atoms with Crippen LogP contribution in [-0.2, 0) is 16.0 Å². The molecule has 0 amide bonds. The first-order valence-electron chi connectivity index (χ1n) is 9.13. The third-order valence-corrected chi connectivity index (χ3v) is 6.12. The first-order valence-corrected chi connectivity index (χ1v) is 9.95. The van der Waals surface area contributed by atoms with Gasteiger partial charge in [-0.2, -0.15) is 0 Å². The quantitative estimate of drug-likeness (QED) is 0.820. The molecule has 0 radical (unpaired) electrons. The minimum Gasteiger partial charge on any atom is -0.368 e.